The van der Waals surface area contributed by atoms with Crippen molar-refractivity contribution in [1.82, 2.24) is 10.2 Å². The lowest BCUT2D eigenvalue weighted by Crippen LogP contribution is -2.42. The van der Waals surface area contributed by atoms with Gasteiger partial charge in [0.15, 0.2) is 0 Å². The third kappa shape index (κ3) is 3.27. The van der Waals surface area contributed by atoms with Crippen LogP contribution in [0.1, 0.15) is 18.4 Å². The molecule has 6 nitrogen and oxygen atoms in total. The molecule has 0 aromatic heterocycles. The van der Waals surface area contributed by atoms with Crippen molar-refractivity contribution >= 4 is 17.7 Å². The van der Waals surface area contributed by atoms with Gasteiger partial charge in [-0.15, -0.1) is 0 Å². The van der Waals surface area contributed by atoms with Crippen LogP contribution in [0.4, 0.5) is 10.5 Å². The molecule has 2 amide bonds. The fourth-order valence-electron chi connectivity index (χ4n) is 2.42. The van der Waals surface area contributed by atoms with E-state index in [0.717, 1.165) is 12.0 Å². The van der Waals surface area contributed by atoms with Crippen molar-refractivity contribution in [3.63, 3.8) is 0 Å². The SMILES string of the molecule is CNCc1cccc(NC(=O)N2CCCC2C(=O)O)c1. The Hall–Kier alpha value is -2.08. The first-order valence-electron chi connectivity index (χ1n) is 6.66. The van der Waals surface area contributed by atoms with E-state index in [1.807, 2.05) is 25.2 Å². The second-order valence-corrected chi connectivity index (χ2v) is 4.85. The van der Waals surface area contributed by atoms with Crippen LogP contribution in [0.25, 0.3) is 0 Å². The Kier molecular flexibility index (Phi) is 4.57. The van der Waals surface area contributed by atoms with Crippen molar-refractivity contribution < 1.29 is 14.7 Å². The highest BCUT2D eigenvalue weighted by Crippen LogP contribution is 2.19. The first kappa shape index (κ1) is 14.3. The lowest BCUT2D eigenvalue weighted by atomic mass is 10.2. The predicted octanol–water partition coefficient (Wildman–Crippen LogP) is 1.49. The molecule has 0 bridgehead atoms. The van der Waals surface area contributed by atoms with Crippen molar-refractivity contribution in [3.8, 4) is 0 Å². The average Bonchev–Trinajstić information content (AvgIpc) is 2.89. The molecule has 1 fully saturated rings. The molecule has 2 rings (SSSR count). The van der Waals surface area contributed by atoms with Gasteiger partial charge in [0.2, 0.25) is 0 Å². The van der Waals surface area contributed by atoms with Gasteiger partial charge >= 0.3 is 12.0 Å². The molecule has 1 aromatic rings. The van der Waals surface area contributed by atoms with Crippen molar-refractivity contribution in [2.45, 2.75) is 25.4 Å². The van der Waals surface area contributed by atoms with E-state index in [0.29, 0.717) is 25.2 Å². The van der Waals surface area contributed by atoms with Gasteiger partial charge in [0.1, 0.15) is 6.04 Å². The summed E-state index contributed by atoms with van der Waals surface area (Å²) in [6.07, 6.45) is 1.24. The summed E-state index contributed by atoms with van der Waals surface area (Å²) in [5, 5.41) is 14.9. The molecule has 1 aliphatic rings. The van der Waals surface area contributed by atoms with Crippen molar-refractivity contribution in [2.75, 3.05) is 18.9 Å². The van der Waals surface area contributed by atoms with Gasteiger partial charge in [0.25, 0.3) is 0 Å². The fraction of sp³-hybridized carbons (Fsp3) is 0.429. The molecule has 1 unspecified atom stereocenters. The molecule has 108 valence electrons. The third-order valence-corrected chi connectivity index (χ3v) is 3.36. The Bertz CT molecular complexity index is 504. The fourth-order valence-corrected chi connectivity index (χ4v) is 2.42. The molecule has 1 saturated heterocycles. The lowest BCUT2D eigenvalue weighted by Gasteiger charge is -2.22. The third-order valence-electron chi connectivity index (χ3n) is 3.36. The number of carboxylic acid groups (broad SMARTS) is 1. The van der Waals surface area contributed by atoms with Crippen LogP contribution in [0.3, 0.4) is 0 Å². The van der Waals surface area contributed by atoms with Crippen LogP contribution < -0.4 is 10.6 Å². The molecule has 0 radical (unpaired) electrons. The van der Waals surface area contributed by atoms with Crippen LogP contribution in [-0.4, -0.2) is 41.6 Å². The van der Waals surface area contributed by atoms with Crippen molar-refractivity contribution in [2.24, 2.45) is 0 Å². The van der Waals surface area contributed by atoms with Gasteiger partial charge < -0.3 is 20.6 Å². The number of carbonyl (C=O) groups is 2. The lowest BCUT2D eigenvalue weighted by molar-refractivity contribution is -0.141. The summed E-state index contributed by atoms with van der Waals surface area (Å²) in [6, 6.07) is 6.43. The Morgan fingerprint density at radius 2 is 2.25 bits per heavy atom. The standard InChI is InChI=1S/C14H19N3O3/c1-15-9-10-4-2-5-11(8-10)16-14(20)17-7-3-6-12(17)13(18)19/h2,4-5,8,12,15H,3,6-7,9H2,1H3,(H,16,20)(H,18,19). The Balaban J connectivity index is 2.04. The highest BCUT2D eigenvalue weighted by molar-refractivity contribution is 5.92. The van der Waals surface area contributed by atoms with Crippen LogP contribution in [0.2, 0.25) is 0 Å². The normalized spacial score (nSPS) is 18.1. The van der Waals surface area contributed by atoms with Gasteiger partial charge in [-0.3, -0.25) is 0 Å². The quantitative estimate of drug-likeness (QED) is 0.778. The van der Waals surface area contributed by atoms with E-state index in [1.54, 1.807) is 6.07 Å². The van der Waals surface area contributed by atoms with E-state index < -0.39 is 12.0 Å². The summed E-state index contributed by atoms with van der Waals surface area (Å²) in [6.45, 7) is 1.20. The Morgan fingerprint density at radius 3 is 2.95 bits per heavy atom. The predicted molar refractivity (Wildman–Crippen MR) is 75.6 cm³/mol. The van der Waals surface area contributed by atoms with E-state index >= 15 is 0 Å². The molecule has 20 heavy (non-hydrogen) atoms. The monoisotopic (exact) mass is 277 g/mol. The van der Waals surface area contributed by atoms with Crippen molar-refractivity contribution in [1.29, 1.82) is 0 Å². The summed E-state index contributed by atoms with van der Waals surface area (Å²) >= 11 is 0. The molecule has 3 N–H and O–H groups in total. The second-order valence-electron chi connectivity index (χ2n) is 4.85. The summed E-state index contributed by atoms with van der Waals surface area (Å²) in [5.74, 6) is -0.943. The smallest absolute Gasteiger partial charge is 0.326 e. The minimum atomic E-state index is -0.943. The van der Waals surface area contributed by atoms with E-state index in [-0.39, 0.29) is 6.03 Å². The van der Waals surface area contributed by atoms with Crippen LogP contribution in [0.5, 0.6) is 0 Å². The topological polar surface area (TPSA) is 81.7 Å². The zero-order valence-corrected chi connectivity index (χ0v) is 11.4. The number of amides is 2. The molecular weight excluding hydrogens is 258 g/mol. The molecule has 0 aliphatic carbocycles. The number of urea groups is 1. The van der Waals surface area contributed by atoms with Crippen LogP contribution >= 0.6 is 0 Å². The van der Waals surface area contributed by atoms with Gasteiger partial charge in [-0.05, 0) is 37.6 Å². The first-order chi connectivity index (χ1) is 9.61. The number of anilines is 1. The number of rotatable bonds is 4. The van der Waals surface area contributed by atoms with E-state index in [2.05, 4.69) is 10.6 Å². The summed E-state index contributed by atoms with van der Waals surface area (Å²) in [4.78, 5) is 24.6. The Morgan fingerprint density at radius 1 is 1.45 bits per heavy atom. The molecular formula is C14H19N3O3. The van der Waals surface area contributed by atoms with Gasteiger partial charge in [0.05, 0.1) is 0 Å². The molecule has 0 saturated carbocycles. The summed E-state index contributed by atoms with van der Waals surface area (Å²) < 4.78 is 0. The van der Waals surface area contributed by atoms with Crippen LogP contribution in [-0.2, 0) is 11.3 Å². The zero-order valence-electron chi connectivity index (χ0n) is 11.4. The zero-order chi connectivity index (χ0) is 14.5. The van der Waals surface area contributed by atoms with Gasteiger partial charge in [-0.25, -0.2) is 9.59 Å². The summed E-state index contributed by atoms with van der Waals surface area (Å²) in [5.41, 5.74) is 1.74. The van der Waals surface area contributed by atoms with E-state index in [4.69, 9.17) is 5.11 Å². The molecule has 6 heteroatoms. The maximum atomic E-state index is 12.1. The Labute approximate surface area is 117 Å². The van der Waals surface area contributed by atoms with Gasteiger partial charge in [-0.2, -0.15) is 0 Å². The number of hydrogen-bond acceptors (Lipinski definition) is 3. The minimum Gasteiger partial charge on any atom is -0.480 e. The number of likely N-dealkylation sites (tertiary alicyclic amines) is 1. The number of hydrogen-bond donors (Lipinski definition) is 3. The maximum absolute atomic E-state index is 12.1. The van der Waals surface area contributed by atoms with Gasteiger partial charge in [0, 0.05) is 18.8 Å². The number of aliphatic carboxylic acids is 1. The number of nitrogens with one attached hydrogen (secondary N) is 2. The molecule has 1 aliphatic heterocycles. The molecule has 0 spiro atoms. The van der Waals surface area contributed by atoms with Crippen LogP contribution in [0, 0.1) is 0 Å². The first-order valence-corrected chi connectivity index (χ1v) is 6.66. The van der Waals surface area contributed by atoms with E-state index in [1.165, 1.54) is 4.90 Å². The number of benzene rings is 1. The number of nitrogens with zero attached hydrogens (tertiary/aromatic N) is 1. The maximum Gasteiger partial charge on any atom is 0.326 e. The molecule has 1 atom stereocenters. The number of carbonyl (C=O) groups excluding carboxylic acids is 1. The summed E-state index contributed by atoms with van der Waals surface area (Å²) in [7, 11) is 1.85. The van der Waals surface area contributed by atoms with E-state index in [9.17, 15) is 9.59 Å². The van der Waals surface area contributed by atoms with Crippen molar-refractivity contribution in [3.05, 3.63) is 29.8 Å². The average molecular weight is 277 g/mol. The number of carboxylic acids is 1. The highest BCUT2D eigenvalue weighted by atomic mass is 16.4. The largest absolute Gasteiger partial charge is 0.480 e. The van der Waals surface area contributed by atoms with Crippen LogP contribution in [0.15, 0.2) is 24.3 Å². The minimum absolute atomic E-state index is 0.350. The highest BCUT2D eigenvalue weighted by Gasteiger charge is 2.33. The molecule has 1 heterocycles. The second kappa shape index (κ2) is 6.38. The van der Waals surface area contributed by atoms with Gasteiger partial charge in [-0.1, -0.05) is 12.1 Å². The molecule has 1 aromatic carbocycles.